The summed E-state index contributed by atoms with van der Waals surface area (Å²) in [5.41, 5.74) is 0.970. The molecule has 0 bridgehead atoms. The lowest BCUT2D eigenvalue weighted by molar-refractivity contribution is 0.0973. The van der Waals surface area contributed by atoms with Crippen LogP contribution in [0.15, 0.2) is 53.4 Å². The first-order valence-electron chi connectivity index (χ1n) is 11.3. The lowest BCUT2D eigenvalue weighted by Gasteiger charge is -2.18. The van der Waals surface area contributed by atoms with E-state index in [0.29, 0.717) is 36.7 Å². The molecular weight excluding hydrogens is 458 g/mol. The Balaban J connectivity index is 1.98. The molecule has 0 heterocycles. The van der Waals surface area contributed by atoms with Gasteiger partial charge in [-0.2, -0.15) is 4.31 Å². The molecule has 0 fully saturated rings. The van der Waals surface area contributed by atoms with Crippen LogP contribution in [0.1, 0.15) is 56.8 Å². The molecule has 0 unspecified atom stereocenters. The number of ether oxygens (including phenoxy) is 1. The number of benzene rings is 2. The van der Waals surface area contributed by atoms with Crippen LogP contribution in [0.3, 0.4) is 0 Å². The Morgan fingerprint density at radius 2 is 1.64 bits per heavy atom. The molecule has 2 aromatic rings. The van der Waals surface area contributed by atoms with E-state index in [2.05, 4.69) is 17.6 Å². The summed E-state index contributed by atoms with van der Waals surface area (Å²) in [6.07, 6.45) is 4.34. The van der Waals surface area contributed by atoms with E-state index in [4.69, 9.17) is 17.0 Å². The largest absolute Gasteiger partial charge is 0.493 e. The minimum Gasteiger partial charge on any atom is -0.493 e. The number of nitrogens with zero attached hydrogens (tertiary/aromatic N) is 1. The highest BCUT2D eigenvalue weighted by Gasteiger charge is 2.21. The summed E-state index contributed by atoms with van der Waals surface area (Å²) in [5, 5.41) is 5.67. The van der Waals surface area contributed by atoms with E-state index in [1.807, 2.05) is 6.07 Å². The molecule has 0 aliphatic carbocycles. The van der Waals surface area contributed by atoms with Gasteiger partial charge in [0.25, 0.3) is 5.91 Å². The van der Waals surface area contributed by atoms with Gasteiger partial charge in [-0.15, -0.1) is 0 Å². The number of sulfonamides is 1. The molecule has 0 aliphatic heterocycles. The van der Waals surface area contributed by atoms with Crippen molar-refractivity contribution in [2.24, 2.45) is 0 Å². The minimum absolute atomic E-state index is 0.108. The van der Waals surface area contributed by atoms with Crippen molar-refractivity contribution in [2.75, 3.05) is 25.0 Å². The van der Waals surface area contributed by atoms with Crippen molar-refractivity contribution in [3.05, 3.63) is 54.1 Å². The van der Waals surface area contributed by atoms with Crippen molar-refractivity contribution in [1.82, 2.24) is 9.62 Å². The van der Waals surface area contributed by atoms with Gasteiger partial charge < -0.3 is 10.1 Å². The van der Waals surface area contributed by atoms with Crippen molar-refractivity contribution in [3.8, 4) is 5.75 Å². The second-order valence-electron chi connectivity index (χ2n) is 7.43. The molecule has 0 aliphatic rings. The number of unbranched alkanes of at least 4 members (excludes halogenated alkanes) is 3. The Hall–Kier alpha value is -2.49. The number of para-hydroxylation sites is 1. The summed E-state index contributed by atoms with van der Waals surface area (Å²) in [6.45, 7) is 7.11. The Morgan fingerprint density at radius 3 is 2.27 bits per heavy atom. The van der Waals surface area contributed by atoms with Gasteiger partial charge in [0, 0.05) is 18.8 Å². The first-order valence-corrected chi connectivity index (χ1v) is 13.1. The van der Waals surface area contributed by atoms with Gasteiger partial charge in [-0.25, -0.2) is 8.42 Å². The van der Waals surface area contributed by atoms with E-state index in [-0.39, 0.29) is 15.9 Å². The zero-order valence-electron chi connectivity index (χ0n) is 19.5. The minimum atomic E-state index is -3.53. The fraction of sp³-hybridized carbons (Fsp3) is 0.417. The molecule has 0 aromatic heterocycles. The van der Waals surface area contributed by atoms with Crippen molar-refractivity contribution in [1.29, 1.82) is 0 Å². The maximum Gasteiger partial charge on any atom is 0.261 e. The third kappa shape index (κ3) is 7.80. The summed E-state index contributed by atoms with van der Waals surface area (Å²) in [7, 11) is -3.53. The van der Waals surface area contributed by atoms with Crippen LogP contribution in [0.4, 0.5) is 5.69 Å². The lowest BCUT2D eigenvalue weighted by Crippen LogP contribution is -2.34. The number of carbonyl (C=O) groups is 1. The summed E-state index contributed by atoms with van der Waals surface area (Å²) < 4.78 is 32.4. The zero-order valence-corrected chi connectivity index (χ0v) is 21.1. The first-order chi connectivity index (χ1) is 15.8. The molecule has 2 N–H and O–H groups in total. The Labute approximate surface area is 202 Å². The fourth-order valence-corrected chi connectivity index (χ4v) is 4.92. The van der Waals surface area contributed by atoms with Crippen LogP contribution in [0.5, 0.6) is 5.75 Å². The van der Waals surface area contributed by atoms with E-state index in [0.717, 1.165) is 25.7 Å². The van der Waals surface area contributed by atoms with E-state index < -0.39 is 10.0 Å². The van der Waals surface area contributed by atoms with E-state index >= 15 is 0 Å². The standard InChI is InChI=1S/C24H33N3O4S2/c1-4-7-8-11-18-31-22-13-10-9-12-21(22)23(28)26-24(32)25-19-14-16-20(17-15-19)33(29,30)27(5-2)6-3/h9-10,12-17H,4-8,11,18H2,1-3H3,(H2,25,26,28,32). The maximum atomic E-state index is 12.7. The van der Waals surface area contributed by atoms with Gasteiger partial charge in [0.05, 0.1) is 17.1 Å². The van der Waals surface area contributed by atoms with E-state index in [1.54, 1.807) is 44.2 Å². The summed E-state index contributed by atoms with van der Waals surface area (Å²) in [6, 6.07) is 13.3. The molecule has 2 rings (SSSR count). The molecule has 0 atom stereocenters. The topological polar surface area (TPSA) is 87.7 Å². The van der Waals surface area contributed by atoms with Crippen LogP contribution in [-0.4, -0.2) is 43.4 Å². The highest BCUT2D eigenvalue weighted by molar-refractivity contribution is 7.89. The maximum absolute atomic E-state index is 12.7. The van der Waals surface area contributed by atoms with Crippen LogP contribution < -0.4 is 15.4 Å². The van der Waals surface area contributed by atoms with Crippen LogP contribution >= 0.6 is 12.2 Å². The van der Waals surface area contributed by atoms with E-state index in [1.165, 1.54) is 16.4 Å². The summed E-state index contributed by atoms with van der Waals surface area (Å²) in [4.78, 5) is 12.9. The number of hydrogen-bond donors (Lipinski definition) is 2. The molecule has 1 amide bonds. The van der Waals surface area contributed by atoms with Gasteiger partial charge >= 0.3 is 0 Å². The second-order valence-corrected chi connectivity index (χ2v) is 9.77. The van der Waals surface area contributed by atoms with Crippen LogP contribution in [0, 0.1) is 0 Å². The van der Waals surface area contributed by atoms with E-state index in [9.17, 15) is 13.2 Å². The normalized spacial score (nSPS) is 11.3. The average Bonchev–Trinajstić information content (AvgIpc) is 2.80. The van der Waals surface area contributed by atoms with Gasteiger partial charge in [0.2, 0.25) is 10.0 Å². The molecular formula is C24H33N3O4S2. The Kier molecular flexibility index (Phi) is 10.8. The van der Waals surface area contributed by atoms with Gasteiger partial charge in [-0.3, -0.25) is 10.1 Å². The third-order valence-corrected chi connectivity index (χ3v) is 7.34. The van der Waals surface area contributed by atoms with Crippen LogP contribution in [0.25, 0.3) is 0 Å². The number of anilines is 1. The molecule has 7 nitrogen and oxygen atoms in total. The molecule has 0 saturated carbocycles. The lowest BCUT2D eigenvalue weighted by atomic mass is 10.2. The summed E-state index contributed by atoms with van der Waals surface area (Å²) >= 11 is 5.27. The SMILES string of the molecule is CCCCCCOc1ccccc1C(=O)NC(=S)Nc1ccc(S(=O)(=O)N(CC)CC)cc1. The number of hydrogen-bond acceptors (Lipinski definition) is 5. The molecule has 0 spiro atoms. The van der Waals surface area contributed by atoms with Crippen molar-refractivity contribution >= 4 is 38.9 Å². The number of nitrogens with one attached hydrogen (secondary N) is 2. The average molecular weight is 492 g/mol. The quantitative estimate of drug-likeness (QED) is 0.327. The smallest absolute Gasteiger partial charge is 0.261 e. The molecule has 0 radical (unpaired) electrons. The van der Waals surface area contributed by atoms with Crippen molar-refractivity contribution in [2.45, 2.75) is 51.3 Å². The summed E-state index contributed by atoms with van der Waals surface area (Å²) in [5.74, 6) is 0.137. The van der Waals surface area contributed by atoms with Crippen LogP contribution in [-0.2, 0) is 10.0 Å². The molecule has 2 aromatic carbocycles. The van der Waals surface area contributed by atoms with Crippen molar-refractivity contribution < 1.29 is 17.9 Å². The number of rotatable bonds is 12. The predicted molar refractivity (Wildman–Crippen MR) is 136 cm³/mol. The van der Waals surface area contributed by atoms with Gasteiger partial charge in [0.15, 0.2) is 5.11 Å². The van der Waals surface area contributed by atoms with Crippen LogP contribution in [0.2, 0.25) is 0 Å². The van der Waals surface area contributed by atoms with Gasteiger partial charge in [-0.05, 0) is 55.0 Å². The molecule has 33 heavy (non-hydrogen) atoms. The van der Waals surface area contributed by atoms with Gasteiger partial charge in [0.1, 0.15) is 5.75 Å². The Morgan fingerprint density at radius 1 is 0.970 bits per heavy atom. The number of thiocarbonyl (C=S) groups is 1. The zero-order chi connectivity index (χ0) is 24.3. The van der Waals surface area contributed by atoms with Crippen molar-refractivity contribution in [3.63, 3.8) is 0 Å². The third-order valence-electron chi connectivity index (χ3n) is 5.07. The molecule has 0 saturated heterocycles. The first kappa shape index (κ1) is 26.8. The predicted octanol–water partition coefficient (Wildman–Crippen LogP) is 4.80. The highest BCUT2D eigenvalue weighted by atomic mass is 32.2. The van der Waals surface area contributed by atoms with Gasteiger partial charge in [-0.1, -0.05) is 52.2 Å². The second kappa shape index (κ2) is 13.3. The highest BCUT2D eigenvalue weighted by Crippen LogP contribution is 2.20. The fourth-order valence-electron chi connectivity index (χ4n) is 3.25. The number of amides is 1. The monoisotopic (exact) mass is 491 g/mol. The molecule has 180 valence electrons. The Bertz CT molecular complexity index is 1020. The molecule has 9 heteroatoms. The number of carbonyl (C=O) groups excluding carboxylic acids is 1.